The summed E-state index contributed by atoms with van der Waals surface area (Å²) in [4.78, 5) is 34.4. The Bertz CT molecular complexity index is 522. The topological polar surface area (TPSA) is 102 Å². The highest BCUT2D eigenvalue weighted by Crippen LogP contribution is 2.01. The van der Waals surface area contributed by atoms with E-state index < -0.39 is 23.3 Å². The third-order valence-electron chi connectivity index (χ3n) is 2.67. The summed E-state index contributed by atoms with van der Waals surface area (Å²) in [6.07, 6.45) is -0.788. The van der Waals surface area contributed by atoms with Crippen molar-refractivity contribution in [2.45, 2.75) is 25.3 Å². The molecule has 1 unspecified atom stereocenters. The summed E-state index contributed by atoms with van der Waals surface area (Å²) in [5, 5.41) is 1.96. The van der Waals surface area contributed by atoms with Crippen molar-refractivity contribution in [3.05, 3.63) is 35.9 Å². The lowest BCUT2D eigenvalue weighted by atomic mass is 10.2. The number of benzene rings is 1. The predicted molar refractivity (Wildman–Crippen MR) is 80.6 cm³/mol. The average Bonchev–Trinajstić information content (AvgIpc) is 2.52. The summed E-state index contributed by atoms with van der Waals surface area (Å²) in [7, 11) is 0. The fraction of sp³-hybridized carbons (Fsp3) is 0.357. The molecule has 0 fully saturated rings. The van der Waals surface area contributed by atoms with Crippen LogP contribution in [0.2, 0.25) is 0 Å². The van der Waals surface area contributed by atoms with E-state index in [1.54, 1.807) is 0 Å². The average molecular weight is 328 g/mol. The number of hydrogen-bond donors (Lipinski definition) is 2. The van der Waals surface area contributed by atoms with Crippen LogP contribution < -0.4 is 11.2 Å². The predicted octanol–water partition coefficient (Wildman–Crippen LogP) is 1.16. The monoisotopic (exact) mass is 327 g/mol. The first-order valence-corrected chi connectivity index (χ1v) is 7.05. The molecule has 0 spiro atoms. The number of nitrogens with zero attached hydrogens (tertiary/aromatic N) is 1. The van der Waals surface area contributed by atoms with Crippen LogP contribution in [0.25, 0.3) is 0 Å². The minimum absolute atomic E-state index is 0.00407. The summed E-state index contributed by atoms with van der Waals surface area (Å²) in [6.45, 7) is 1.55. The summed E-state index contributed by atoms with van der Waals surface area (Å²) < 4.78 is 4.96. The molecule has 0 saturated heterocycles. The number of hydrogen-bond acceptors (Lipinski definition) is 5. The van der Waals surface area contributed by atoms with E-state index in [0.717, 1.165) is 5.56 Å². The lowest BCUT2D eigenvalue weighted by Crippen LogP contribution is -2.46. The maximum Gasteiger partial charge on any atom is 0.407 e. The summed E-state index contributed by atoms with van der Waals surface area (Å²) >= 11 is 5.54. The number of nitrogens with two attached hydrogens (primary N) is 1. The first-order chi connectivity index (χ1) is 10.4. The highest BCUT2D eigenvalue weighted by molar-refractivity contribution is 6.31. The van der Waals surface area contributed by atoms with E-state index in [9.17, 15) is 14.4 Å². The third kappa shape index (κ3) is 6.11. The van der Waals surface area contributed by atoms with E-state index in [4.69, 9.17) is 22.2 Å². The number of hydrazine groups is 1. The van der Waals surface area contributed by atoms with E-state index >= 15 is 0 Å². The van der Waals surface area contributed by atoms with Crippen LogP contribution in [0.4, 0.5) is 4.79 Å². The van der Waals surface area contributed by atoms with Crippen LogP contribution >= 0.6 is 11.6 Å². The zero-order valence-corrected chi connectivity index (χ0v) is 12.9. The van der Waals surface area contributed by atoms with Crippen LogP contribution in [0.5, 0.6) is 0 Å². The smallest absolute Gasteiger partial charge is 0.407 e. The van der Waals surface area contributed by atoms with E-state index in [2.05, 4.69) is 5.32 Å². The van der Waals surface area contributed by atoms with Gasteiger partial charge in [-0.3, -0.25) is 9.59 Å². The van der Waals surface area contributed by atoms with E-state index in [1.807, 2.05) is 30.3 Å². The molecular weight excluding hydrogens is 310 g/mol. The number of imide groups is 1. The Kier molecular flexibility index (Phi) is 7.34. The zero-order chi connectivity index (χ0) is 16.5. The fourth-order valence-corrected chi connectivity index (χ4v) is 1.59. The van der Waals surface area contributed by atoms with E-state index in [-0.39, 0.29) is 19.6 Å². The van der Waals surface area contributed by atoms with Gasteiger partial charge in [0.25, 0.3) is 5.91 Å². The number of carbonyl (C=O) groups is 3. The Hall–Kier alpha value is -2.12. The minimum Gasteiger partial charge on any atom is -0.445 e. The number of nitrogens with one attached hydrogen (secondary N) is 1. The second-order valence-electron chi connectivity index (χ2n) is 4.46. The third-order valence-corrected chi connectivity index (χ3v) is 2.85. The molecular formula is C14H18ClN3O4. The van der Waals surface area contributed by atoms with Gasteiger partial charge in [0.15, 0.2) is 0 Å². The van der Waals surface area contributed by atoms with Gasteiger partial charge in [-0.05, 0) is 12.5 Å². The van der Waals surface area contributed by atoms with Gasteiger partial charge in [0.2, 0.25) is 5.91 Å². The van der Waals surface area contributed by atoms with Gasteiger partial charge >= 0.3 is 6.09 Å². The lowest BCUT2D eigenvalue weighted by molar-refractivity contribution is -0.144. The van der Waals surface area contributed by atoms with Crippen molar-refractivity contribution < 1.29 is 19.1 Å². The molecule has 1 aromatic rings. The number of carbonyl (C=O) groups excluding carboxylic acids is 3. The standard InChI is InChI=1S/C14H18ClN3O4/c1-10(15)13(20)18(16)12(19)7-8-17-14(21)22-9-11-5-3-2-4-6-11/h2-6,10H,7-9,16H2,1H3,(H,17,21). The molecule has 0 aliphatic carbocycles. The van der Waals surface area contributed by atoms with Crippen molar-refractivity contribution in [1.82, 2.24) is 10.3 Å². The van der Waals surface area contributed by atoms with E-state index in [0.29, 0.717) is 5.01 Å². The van der Waals surface area contributed by atoms with Crippen LogP contribution in [-0.2, 0) is 20.9 Å². The fourth-order valence-electron chi connectivity index (χ4n) is 1.48. The molecule has 1 aromatic carbocycles. The normalized spacial score (nSPS) is 11.4. The van der Waals surface area contributed by atoms with Gasteiger partial charge in [-0.2, -0.15) is 0 Å². The minimum atomic E-state index is -0.891. The largest absolute Gasteiger partial charge is 0.445 e. The number of halogens is 1. The molecule has 22 heavy (non-hydrogen) atoms. The van der Waals surface area contributed by atoms with Gasteiger partial charge in [-0.25, -0.2) is 15.6 Å². The molecule has 8 heteroatoms. The van der Waals surface area contributed by atoms with Crippen LogP contribution in [0.3, 0.4) is 0 Å². The van der Waals surface area contributed by atoms with Gasteiger partial charge in [-0.1, -0.05) is 30.3 Å². The Morgan fingerprint density at radius 2 is 1.95 bits per heavy atom. The van der Waals surface area contributed by atoms with Gasteiger partial charge in [0.1, 0.15) is 12.0 Å². The molecule has 0 radical (unpaired) electrons. The number of amides is 3. The molecule has 0 aromatic heterocycles. The Labute approximate surface area is 133 Å². The summed E-state index contributed by atoms with van der Waals surface area (Å²) in [5.74, 6) is 3.98. The Balaban J connectivity index is 2.24. The molecule has 7 nitrogen and oxygen atoms in total. The van der Waals surface area contributed by atoms with Crippen LogP contribution in [0, 0.1) is 0 Å². The van der Waals surface area contributed by atoms with Crippen molar-refractivity contribution in [2.75, 3.05) is 6.54 Å². The van der Waals surface area contributed by atoms with Crippen molar-refractivity contribution in [2.24, 2.45) is 5.84 Å². The molecule has 1 atom stereocenters. The van der Waals surface area contributed by atoms with Crippen molar-refractivity contribution in [3.63, 3.8) is 0 Å². The van der Waals surface area contributed by atoms with Crippen LogP contribution in [-0.4, -0.2) is 34.8 Å². The second kappa shape index (κ2) is 9.01. The van der Waals surface area contributed by atoms with Crippen molar-refractivity contribution in [1.29, 1.82) is 0 Å². The van der Waals surface area contributed by atoms with E-state index in [1.165, 1.54) is 6.92 Å². The lowest BCUT2D eigenvalue weighted by Gasteiger charge is -2.15. The van der Waals surface area contributed by atoms with Gasteiger partial charge < -0.3 is 10.1 Å². The molecule has 0 aliphatic heterocycles. The number of alkyl carbamates (subject to hydrolysis) is 1. The first kappa shape index (κ1) is 17.9. The summed E-state index contributed by atoms with van der Waals surface area (Å²) in [5.41, 5.74) is 0.851. The molecule has 3 N–H and O–H groups in total. The highest BCUT2D eigenvalue weighted by atomic mass is 35.5. The maximum absolute atomic E-state index is 11.6. The zero-order valence-electron chi connectivity index (χ0n) is 12.1. The first-order valence-electron chi connectivity index (χ1n) is 6.62. The maximum atomic E-state index is 11.6. The molecule has 1 rings (SSSR count). The second-order valence-corrected chi connectivity index (χ2v) is 5.11. The van der Waals surface area contributed by atoms with Crippen molar-refractivity contribution in [3.8, 4) is 0 Å². The Morgan fingerprint density at radius 3 is 2.55 bits per heavy atom. The number of alkyl halides is 1. The van der Waals surface area contributed by atoms with Crippen molar-refractivity contribution >= 4 is 29.5 Å². The van der Waals surface area contributed by atoms with Crippen LogP contribution in [0.15, 0.2) is 30.3 Å². The number of ether oxygens (including phenoxy) is 1. The quantitative estimate of drug-likeness (QED) is 0.353. The number of rotatable bonds is 6. The highest BCUT2D eigenvalue weighted by Gasteiger charge is 2.21. The molecule has 0 aliphatic rings. The Morgan fingerprint density at radius 1 is 1.32 bits per heavy atom. The van der Waals surface area contributed by atoms with Gasteiger partial charge in [-0.15, -0.1) is 11.6 Å². The molecule has 0 heterocycles. The SMILES string of the molecule is CC(Cl)C(=O)N(N)C(=O)CCNC(=O)OCc1ccccc1. The van der Waals surface area contributed by atoms with Crippen LogP contribution in [0.1, 0.15) is 18.9 Å². The summed E-state index contributed by atoms with van der Waals surface area (Å²) in [6, 6.07) is 9.17. The van der Waals surface area contributed by atoms with Gasteiger partial charge in [0.05, 0.1) is 0 Å². The molecule has 0 saturated carbocycles. The molecule has 120 valence electrons. The molecule has 3 amide bonds. The molecule has 0 bridgehead atoms. The van der Waals surface area contributed by atoms with Gasteiger partial charge in [0, 0.05) is 13.0 Å².